The van der Waals surface area contributed by atoms with Crippen LogP contribution in [0, 0.1) is 0 Å². The highest BCUT2D eigenvalue weighted by Crippen LogP contribution is 2.31. The Bertz CT molecular complexity index is 1680. The van der Waals surface area contributed by atoms with Gasteiger partial charge in [0.2, 0.25) is 0 Å². The van der Waals surface area contributed by atoms with Crippen LogP contribution < -0.4 is 10.6 Å². The summed E-state index contributed by atoms with van der Waals surface area (Å²) in [5.74, 6) is 0.624. The zero-order valence-corrected chi connectivity index (χ0v) is 20.6. The lowest BCUT2D eigenvalue weighted by Gasteiger charge is -2.11. The molecule has 5 rings (SSSR count). The number of hydrogen-bond donors (Lipinski definition) is 2. The molecule has 0 radical (unpaired) electrons. The van der Waals surface area contributed by atoms with E-state index in [0.717, 1.165) is 51.5 Å². The summed E-state index contributed by atoms with van der Waals surface area (Å²) in [6.07, 6.45) is 15.8. The van der Waals surface area contributed by atoms with E-state index in [0.29, 0.717) is 22.3 Å². The van der Waals surface area contributed by atoms with Crippen LogP contribution in [-0.2, 0) is 0 Å². The molecule has 0 saturated heterocycles. The second-order valence-corrected chi connectivity index (χ2v) is 8.85. The van der Waals surface area contributed by atoms with Crippen molar-refractivity contribution in [2.75, 3.05) is 0 Å². The van der Waals surface area contributed by atoms with Crippen molar-refractivity contribution in [3.8, 4) is 22.6 Å². The SMILES string of the molecule is C=C/C=c1\c(=C(/C)B(O)O)oc2c(-c3cc(/C4=C/C=C\C/C=C\C4)nc(-c4ccccc4)n3)cccc12. The van der Waals surface area contributed by atoms with Gasteiger partial charge in [0.15, 0.2) is 5.82 Å². The topological polar surface area (TPSA) is 79.4 Å². The molecular weight excluding hydrogens is 459 g/mol. The number of fused-ring (bicyclic) bond motifs is 1. The second-order valence-electron chi connectivity index (χ2n) is 8.85. The summed E-state index contributed by atoms with van der Waals surface area (Å²) in [6, 6.07) is 17.8. The summed E-state index contributed by atoms with van der Waals surface area (Å²) in [7, 11) is -1.64. The number of para-hydroxylation sites is 1. The lowest BCUT2D eigenvalue weighted by atomic mass is 9.80. The molecule has 1 aliphatic rings. The fraction of sp³-hybridized carbons (Fsp3) is 0.0968. The highest BCUT2D eigenvalue weighted by atomic mass is 16.4. The minimum absolute atomic E-state index is 0.321. The van der Waals surface area contributed by atoms with Crippen LogP contribution in [0.1, 0.15) is 25.5 Å². The number of allylic oxidation sites excluding steroid dienone is 7. The molecule has 182 valence electrons. The molecule has 6 heteroatoms. The van der Waals surface area contributed by atoms with Gasteiger partial charge in [-0.2, -0.15) is 0 Å². The average molecular weight is 486 g/mol. The van der Waals surface area contributed by atoms with Crippen LogP contribution in [0.3, 0.4) is 0 Å². The molecule has 2 aromatic heterocycles. The molecule has 0 saturated carbocycles. The summed E-state index contributed by atoms with van der Waals surface area (Å²) in [5.41, 5.74) is 5.71. The van der Waals surface area contributed by atoms with E-state index in [1.807, 2.05) is 60.7 Å². The van der Waals surface area contributed by atoms with E-state index < -0.39 is 7.12 Å². The summed E-state index contributed by atoms with van der Waals surface area (Å²) in [5, 5.41) is 21.3. The van der Waals surface area contributed by atoms with Gasteiger partial charge in [-0.25, -0.2) is 9.97 Å². The molecular formula is C31H27BN2O3. The molecule has 5 nitrogen and oxygen atoms in total. The molecule has 2 N–H and O–H groups in total. The third kappa shape index (κ3) is 5.03. The smallest absolute Gasteiger partial charge is 0.456 e. The van der Waals surface area contributed by atoms with Gasteiger partial charge in [0, 0.05) is 27.2 Å². The fourth-order valence-corrected chi connectivity index (χ4v) is 4.41. The van der Waals surface area contributed by atoms with Crippen molar-refractivity contribution in [1.29, 1.82) is 0 Å². The molecule has 0 bridgehead atoms. The molecule has 4 aromatic rings. The fourth-order valence-electron chi connectivity index (χ4n) is 4.41. The van der Waals surface area contributed by atoms with Crippen LogP contribution in [-0.4, -0.2) is 27.1 Å². The van der Waals surface area contributed by atoms with Gasteiger partial charge in [-0.15, -0.1) is 0 Å². The molecule has 0 aliphatic heterocycles. The molecule has 0 spiro atoms. The Morgan fingerprint density at radius 1 is 1.00 bits per heavy atom. The molecule has 0 amide bonds. The number of furan rings is 1. The minimum atomic E-state index is -1.64. The Labute approximate surface area is 216 Å². The first-order chi connectivity index (χ1) is 18.1. The maximum absolute atomic E-state index is 9.85. The number of benzene rings is 2. The Morgan fingerprint density at radius 2 is 1.81 bits per heavy atom. The molecule has 2 aromatic carbocycles. The highest BCUT2D eigenvalue weighted by molar-refractivity contribution is 6.62. The van der Waals surface area contributed by atoms with E-state index in [1.54, 1.807) is 13.0 Å². The number of rotatable bonds is 5. The zero-order chi connectivity index (χ0) is 25.8. The first-order valence-corrected chi connectivity index (χ1v) is 12.2. The molecule has 2 heterocycles. The van der Waals surface area contributed by atoms with E-state index in [-0.39, 0.29) is 0 Å². The van der Waals surface area contributed by atoms with Crippen molar-refractivity contribution in [3.63, 3.8) is 0 Å². The van der Waals surface area contributed by atoms with Crippen LogP contribution in [0.4, 0.5) is 0 Å². The van der Waals surface area contributed by atoms with Gasteiger partial charge in [-0.05, 0) is 37.5 Å². The maximum Gasteiger partial charge on any atom is 0.487 e. The summed E-state index contributed by atoms with van der Waals surface area (Å²) >= 11 is 0. The molecule has 0 unspecified atom stereocenters. The lowest BCUT2D eigenvalue weighted by molar-refractivity contribution is 0.424. The van der Waals surface area contributed by atoms with Gasteiger partial charge in [0.05, 0.1) is 11.4 Å². The highest BCUT2D eigenvalue weighted by Gasteiger charge is 2.18. The van der Waals surface area contributed by atoms with Crippen molar-refractivity contribution in [1.82, 2.24) is 9.97 Å². The quantitative estimate of drug-likeness (QED) is 0.307. The third-order valence-corrected chi connectivity index (χ3v) is 6.36. The van der Waals surface area contributed by atoms with Crippen molar-refractivity contribution >= 4 is 35.2 Å². The van der Waals surface area contributed by atoms with Crippen LogP contribution in [0.25, 0.3) is 50.7 Å². The van der Waals surface area contributed by atoms with Crippen LogP contribution in [0.15, 0.2) is 102 Å². The molecule has 0 fully saturated rings. The van der Waals surface area contributed by atoms with Crippen molar-refractivity contribution < 1.29 is 14.5 Å². The van der Waals surface area contributed by atoms with Gasteiger partial charge < -0.3 is 14.5 Å². The van der Waals surface area contributed by atoms with Crippen LogP contribution in [0.2, 0.25) is 0 Å². The van der Waals surface area contributed by atoms with E-state index in [2.05, 4.69) is 37.0 Å². The molecule has 37 heavy (non-hydrogen) atoms. The van der Waals surface area contributed by atoms with Gasteiger partial charge >= 0.3 is 7.12 Å². The third-order valence-electron chi connectivity index (χ3n) is 6.36. The van der Waals surface area contributed by atoms with E-state index in [1.165, 1.54) is 0 Å². The number of nitrogens with zero attached hydrogens (tertiary/aromatic N) is 2. The minimum Gasteiger partial charge on any atom is -0.456 e. The number of hydrogen-bond acceptors (Lipinski definition) is 5. The predicted molar refractivity (Wildman–Crippen MR) is 151 cm³/mol. The number of aromatic nitrogens is 2. The molecule has 1 aliphatic carbocycles. The van der Waals surface area contributed by atoms with E-state index in [9.17, 15) is 10.0 Å². The second kappa shape index (κ2) is 10.8. The Hall–Kier alpha value is -4.26. The van der Waals surface area contributed by atoms with Gasteiger partial charge in [0.25, 0.3) is 0 Å². The maximum atomic E-state index is 9.85. The Morgan fingerprint density at radius 3 is 2.59 bits per heavy atom. The molecule has 0 atom stereocenters. The predicted octanol–water partition coefficient (Wildman–Crippen LogP) is 5.00. The largest absolute Gasteiger partial charge is 0.487 e. The standard InChI is InChI=1S/C31H27BN2O3/c1-3-13-24-25-18-12-19-26(30(25)37-29(24)21(2)32(35)36)28-20-27(22-14-8-5-4-6-9-15-22)33-31(34-28)23-16-10-7-11-17-23/h3,5-14,16-20,35-36H,1,4,15H2,2H3/b8-5-,9-6-,22-14+,24-13-,29-21-. The van der Waals surface area contributed by atoms with Crippen LogP contribution >= 0.6 is 0 Å². The lowest BCUT2D eigenvalue weighted by Crippen LogP contribution is -2.29. The van der Waals surface area contributed by atoms with Crippen LogP contribution in [0.5, 0.6) is 0 Å². The zero-order valence-electron chi connectivity index (χ0n) is 20.6. The van der Waals surface area contributed by atoms with Gasteiger partial charge in [0.1, 0.15) is 11.0 Å². The first-order valence-electron chi connectivity index (χ1n) is 12.2. The summed E-state index contributed by atoms with van der Waals surface area (Å²) in [6.45, 7) is 5.46. The van der Waals surface area contributed by atoms with Gasteiger partial charge in [-0.3, -0.25) is 0 Å². The average Bonchev–Trinajstić information content (AvgIpc) is 3.27. The monoisotopic (exact) mass is 486 g/mol. The van der Waals surface area contributed by atoms with Crippen molar-refractivity contribution in [2.24, 2.45) is 0 Å². The van der Waals surface area contributed by atoms with E-state index >= 15 is 0 Å². The summed E-state index contributed by atoms with van der Waals surface area (Å²) < 4.78 is 6.29. The van der Waals surface area contributed by atoms with Crippen molar-refractivity contribution in [2.45, 2.75) is 19.8 Å². The van der Waals surface area contributed by atoms with E-state index in [4.69, 9.17) is 14.4 Å². The van der Waals surface area contributed by atoms with Crippen molar-refractivity contribution in [3.05, 3.63) is 114 Å². The normalized spacial score (nSPS) is 17.9. The Kier molecular flexibility index (Phi) is 7.12. The Balaban J connectivity index is 1.81. The summed E-state index contributed by atoms with van der Waals surface area (Å²) in [4.78, 5) is 9.90. The first kappa shape index (κ1) is 24.4. The van der Waals surface area contributed by atoms with Gasteiger partial charge in [-0.1, -0.05) is 91.6 Å².